The molecule has 2 aromatic carbocycles. The van der Waals surface area contributed by atoms with E-state index in [1.54, 1.807) is 6.07 Å². The van der Waals surface area contributed by atoms with Crippen LogP contribution in [0.1, 0.15) is 24.1 Å². The normalized spacial score (nSPS) is 12.8. The highest BCUT2D eigenvalue weighted by Crippen LogP contribution is 2.36. The van der Waals surface area contributed by atoms with E-state index in [0.717, 1.165) is 17.7 Å². The lowest BCUT2D eigenvalue weighted by molar-refractivity contribution is -0.137. The Kier molecular flexibility index (Phi) is 6.48. The highest BCUT2D eigenvalue weighted by molar-refractivity contribution is 6.31. The molecule has 27 heavy (non-hydrogen) atoms. The molecule has 1 amide bonds. The van der Waals surface area contributed by atoms with Gasteiger partial charge in [-0.2, -0.15) is 18.4 Å². The average Bonchev–Trinajstić information content (AvgIpc) is 2.63. The second-order valence-electron chi connectivity index (χ2n) is 5.62. The van der Waals surface area contributed by atoms with Crippen LogP contribution in [0.15, 0.2) is 60.3 Å². The number of benzene rings is 2. The summed E-state index contributed by atoms with van der Waals surface area (Å²) in [6.07, 6.45) is -3.42. The lowest BCUT2D eigenvalue weighted by atomic mass is 10.1. The molecule has 140 valence electrons. The summed E-state index contributed by atoms with van der Waals surface area (Å²) in [5, 5.41) is 13.9. The molecule has 0 aliphatic carbocycles. The Morgan fingerprint density at radius 3 is 2.48 bits per heavy atom. The molecule has 2 N–H and O–H groups in total. The third-order valence-corrected chi connectivity index (χ3v) is 4.00. The van der Waals surface area contributed by atoms with E-state index in [0.29, 0.717) is 0 Å². The Morgan fingerprint density at radius 1 is 1.22 bits per heavy atom. The van der Waals surface area contributed by atoms with Gasteiger partial charge in [-0.05, 0) is 30.7 Å². The Hall–Kier alpha value is -2.98. The van der Waals surface area contributed by atoms with Crippen molar-refractivity contribution in [1.82, 2.24) is 5.32 Å². The van der Waals surface area contributed by atoms with Gasteiger partial charge in [-0.1, -0.05) is 41.9 Å². The Bertz CT molecular complexity index is 889. The maximum atomic E-state index is 12.9. The van der Waals surface area contributed by atoms with Crippen molar-refractivity contribution < 1.29 is 18.0 Å². The first-order chi connectivity index (χ1) is 12.7. The van der Waals surface area contributed by atoms with E-state index in [9.17, 15) is 18.0 Å². The van der Waals surface area contributed by atoms with Gasteiger partial charge in [-0.25, -0.2) is 0 Å². The summed E-state index contributed by atoms with van der Waals surface area (Å²) in [5.74, 6) is -0.833. The molecule has 0 bridgehead atoms. The zero-order valence-corrected chi connectivity index (χ0v) is 14.9. The van der Waals surface area contributed by atoms with Gasteiger partial charge in [-0.3, -0.25) is 4.79 Å². The number of anilines is 1. The van der Waals surface area contributed by atoms with Gasteiger partial charge in [0.25, 0.3) is 5.91 Å². The number of nitrogens with one attached hydrogen (secondary N) is 2. The Morgan fingerprint density at radius 2 is 1.89 bits per heavy atom. The Labute approximate surface area is 159 Å². The van der Waals surface area contributed by atoms with Gasteiger partial charge in [0.1, 0.15) is 11.6 Å². The number of alkyl halides is 3. The number of carbonyl (C=O) groups excluding carboxylic acids is 1. The van der Waals surface area contributed by atoms with Crippen molar-refractivity contribution in [2.24, 2.45) is 0 Å². The molecule has 0 saturated carbocycles. The van der Waals surface area contributed by atoms with Gasteiger partial charge in [0.15, 0.2) is 0 Å². The standard InChI is InChI=1S/C19H15ClF3N3O/c1-12(13-5-3-2-4-6-13)25-11-14(10-24)18(27)26-15-7-8-17(20)16(9-15)19(21,22)23/h2-9,11-12,25H,1H3,(H,26,27)/b14-11-. The maximum absolute atomic E-state index is 12.9. The van der Waals surface area contributed by atoms with Crippen LogP contribution in [-0.4, -0.2) is 5.91 Å². The van der Waals surface area contributed by atoms with Crippen molar-refractivity contribution in [3.05, 3.63) is 76.5 Å². The molecule has 8 heteroatoms. The molecule has 0 spiro atoms. The van der Waals surface area contributed by atoms with Crippen LogP contribution >= 0.6 is 11.6 Å². The van der Waals surface area contributed by atoms with E-state index in [1.807, 2.05) is 37.3 Å². The van der Waals surface area contributed by atoms with E-state index >= 15 is 0 Å². The summed E-state index contributed by atoms with van der Waals surface area (Å²) in [5.41, 5.74) is -0.519. The average molecular weight is 394 g/mol. The van der Waals surface area contributed by atoms with E-state index in [4.69, 9.17) is 16.9 Å². The molecule has 0 fully saturated rings. The van der Waals surface area contributed by atoms with Crippen LogP contribution in [0.5, 0.6) is 0 Å². The van der Waals surface area contributed by atoms with Crippen LogP contribution in [0.2, 0.25) is 5.02 Å². The van der Waals surface area contributed by atoms with Gasteiger partial charge in [0.2, 0.25) is 0 Å². The quantitative estimate of drug-likeness (QED) is 0.551. The van der Waals surface area contributed by atoms with Crippen molar-refractivity contribution in [3.63, 3.8) is 0 Å². The van der Waals surface area contributed by atoms with Gasteiger partial charge in [0, 0.05) is 17.9 Å². The number of carbonyl (C=O) groups is 1. The van der Waals surface area contributed by atoms with Gasteiger partial charge in [-0.15, -0.1) is 0 Å². The van der Waals surface area contributed by atoms with Crippen LogP contribution in [-0.2, 0) is 11.0 Å². The molecular formula is C19H15ClF3N3O. The van der Waals surface area contributed by atoms with Crippen molar-refractivity contribution >= 4 is 23.2 Å². The molecule has 0 radical (unpaired) electrons. The second kappa shape index (κ2) is 8.60. The molecular weight excluding hydrogens is 379 g/mol. The lowest BCUT2D eigenvalue weighted by Crippen LogP contribution is -2.19. The molecule has 0 aromatic heterocycles. The molecule has 0 aliphatic heterocycles. The number of nitriles is 1. The largest absolute Gasteiger partial charge is 0.417 e. The zero-order valence-electron chi connectivity index (χ0n) is 14.1. The smallest absolute Gasteiger partial charge is 0.383 e. The third kappa shape index (κ3) is 5.50. The van der Waals surface area contributed by atoms with Gasteiger partial charge >= 0.3 is 6.18 Å². The monoisotopic (exact) mass is 393 g/mol. The van der Waals surface area contributed by atoms with Crippen molar-refractivity contribution in [2.45, 2.75) is 19.1 Å². The first kappa shape index (κ1) is 20.3. The second-order valence-corrected chi connectivity index (χ2v) is 6.02. The SMILES string of the molecule is CC(N/C=C(/C#N)C(=O)Nc1ccc(Cl)c(C(F)(F)F)c1)c1ccccc1. The van der Waals surface area contributed by atoms with Crippen LogP contribution in [0.25, 0.3) is 0 Å². The van der Waals surface area contributed by atoms with Crippen molar-refractivity contribution in [1.29, 1.82) is 5.26 Å². The number of rotatable bonds is 5. The Balaban J connectivity index is 2.12. The predicted octanol–water partition coefficient (Wildman–Crippen LogP) is 5.06. The maximum Gasteiger partial charge on any atom is 0.417 e. The molecule has 2 aromatic rings. The van der Waals surface area contributed by atoms with E-state index in [-0.39, 0.29) is 17.3 Å². The van der Waals surface area contributed by atoms with Crippen LogP contribution < -0.4 is 10.6 Å². The van der Waals surface area contributed by atoms with Gasteiger partial charge in [0.05, 0.1) is 10.6 Å². The summed E-state index contributed by atoms with van der Waals surface area (Å²) in [6, 6.07) is 13.9. The minimum absolute atomic E-state index is 0.117. The summed E-state index contributed by atoms with van der Waals surface area (Å²) in [6.45, 7) is 1.84. The number of nitrogens with zero attached hydrogens (tertiary/aromatic N) is 1. The van der Waals surface area contributed by atoms with Crippen LogP contribution in [0.4, 0.5) is 18.9 Å². The first-order valence-electron chi connectivity index (χ1n) is 7.81. The number of halogens is 4. The van der Waals surface area contributed by atoms with E-state index in [1.165, 1.54) is 12.3 Å². The summed E-state index contributed by atoms with van der Waals surface area (Å²) in [7, 11) is 0. The minimum Gasteiger partial charge on any atom is -0.383 e. The lowest BCUT2D eigenvalue weighted by Gasteiger charge is -2.13. The summed E-state index contributed by atoms with van der Waals surface area (Å²) >= 11 is 5.54. The summed E-state index contributed by atoms with van der Waals surface area (Å²) < 4.78 is 38.7. The molecule has 4 nitrogen and oxygen atoms in total. The molecule has 0 heterocycles. The molecule has 0 aliphatic rings. The fourth-order valence-electron chi connectivity index (χ4n) is 2.21. The minimum atomic E-state index is -4.65. The highest BCUT2D eigenvalue weighted by Gasteiger charge is 2.33. The van der Waals surface area contributed by atoms with Crippen molar-refractivity contribution in [3.8, 4) is 6.07 Å². The number of hydrogen-bond acceptors (Lipinski definition) is 3. The van der Waals surface area contributed by atoms with Crippen LogP contribution in [0.3, 0.4) is 0 Å². The molecule has 1 unspecified atom stereocenters. The fraction of sp³-hybridized carbons (Fsp3) is 0.158. The number of hydrogen-bond donors (Lipinski definition) is 2. The predicted molar refractivity (Wildman–Crippen MR) is 96.8 cm³/mol. The van der Waals surface area contributed by atoms with E-state index < -0.39 is 22.7 Å². The van der Waals surface area contributed by atoms with Crippen LogP contribution in [0, 0.1) is 11.3 Å². The highest BCUT2D eigenvalue weighted by atomic mass is 35.5. The van der Waals surface area contributed by atoms with E-state index in [2.05, 4.69) is 10.6 Å². The van der Waals surface area contributed by atoms with Crippen molar-refractivity contribution in [2.75, 3.05) is 5.32 Å². The summed E-state index contributed by atoms with van der Waals surface area (Å²) in [4.78, 5) is 12.2. The molecule has 2 rings (SSSR count). The zero-order chi connectivity index (χ0) is 20.0. The first-order valence-corrected chi connectivity index (χ1v) is 8.19. The topological polar surface area (TPSA) is 64.9 Å². The molecule has 0 saturated heterocycles. The van der Waals surface area contributed by atoms with Gasteiger partial charge < -0.3 is 10.6 Å². The third-order valence-electron chi connectivity index (χ3n) is 3.67. The fourth-order valence-corrected chi connectivity index (χ4v) is 2.44. The number of amides is 1. The molecule has 1 atom stereocenters.